The van der Waals surface area contributed by atoms with Crippen LogP contribution in [0.25, 0.3) is 10.5 Å². The highest BCUT2D eigenvalue weighted by Gasteiger charge is 2.29. The largest absolute Gasteiger partial charge is 0.113 e. The first-order valence-electron chi connectivity index (χ1n) is 9.21. The maximum atomic E-state index is 2.47. The summed E-state index contributed by atoms with van der Waals surface area (Å²) in [5, 5.41) is 0.358. The lowest BCUT2D eigenvalue weighted by atomic mass is 9.84. The highest BCUT2D eigenvalue weighted by Crippen LogP contribution is 2.53. The standard InChI is InChI=1S/C25H20S/c1-3-9-18(10-4-1)23-17-24(20-12-5-2-6-13-20)26-25-21-14-8-7-11-19(21)15-16-22(23)25/h1-14,17,24H,15-16H2. The highest BCUT2D eigenvalue weighted by molar-refractivity contribution is 8.08. The molecule has 5 rings (SSSR count). The monoisotopic (exact) mass is 352 g/mol. The van der Waals surface area contributed by atoms with Gasteiger partial charge in [0.15, 0.2) is 0 Å². The van der Waals surface area contributed by atoms with Crippen LogP contribution in [0.3, 0.4) is 0 Å². The second-order valence-electron chi connectivity index (χ2n) is 6.86. The Morgan fingerprint density at radius 2 is 1.38 bits per heavy atom. The second kappa shape index (κ2) is 6.66. The summed E-state index contributed by atoms with van der Waals surface area (Å²) in [5.41, 5.74) is 8.57. The van der Waals surface area contributed by atoms with Crippen molar-refractivity contribution in [3.8, 4) is 0 Å². The van der Waals surface area contributed by atoms with E-state index in [0.29, 0.717) is 5.25 Å². The van der Waals surface area contributed by atoms with E-state index in [0.717, 1.165) is 12.8 Å². The van der Waals surface area contributed by atoms with Crippen molar-refractivity contribution in [3.63, 3.8) is 0 Å². The van der Waals surface area contributed by atoms with Crippen LogP contribution in [0.15, 0.2) is 96.6 Å². The molecule has 3 aromatic carbocycles. The van der Waals surface area contributed by atoms with E-state index in [1.165, 1.54) is 38.3 Å². The van der Waals surface area contributed by atoms with Crippen LogP contribution in [0.2, 0.25) is 0 Å². The molecule has 126 valence electrons. The van der Waals surface area contributed by atoms with Crippen molar-refractivity contribution in [1.29, 1.82) is 0 Å². The molecule has 0 saturated carbocycles. The van der Waals surface area contributed by atoms with Crippen molar-refractivity contribution in [3.05, 3.63) is 119 Å². The summed E-state index contributed by atoms with van der Waals surface area (Å²) in [6.07, 6.45) is 4.74. The van der Waals surface area contributed by atoms with Gasteiger partial charge in [-0.1, -0.05) is 91.0 Å². The number of fused-ring (bicyclic) bond motifs is 2. The topological polar surface area (TPSA) is 0 Å². The predicted molar refractivity (Wildman–Crippen MR) is 113 cm³/mol. The Bertz CT molecular complexity index is 997. The van der Waals surface area contributed by atoms with Gasteiger partial charge < -0.3 is 0 Å². The maximum absolute atomic E-state index is 2.47. The minimum Gasteiger partial charge on any atom is -0.113 e. The van der Waals surface area contributed by atoms with Gasteiger partial charge in [-0.25, -0.2) is 0 Å². The average molecular weight is 353 g/mol. The van der Waals surface area contributed by atoms with E-state index in [1.54, 1.807) is 0 Å². The lowest BCUT2D eigenvalue weighted by Gasteiger charge is -2.31. The van der Waals surface area contributed by atoms with Gasteiger partial charge in [-0.2, -0.15) is 0 Å². The normalized spacial score (nSPS) is 18.8. The number of thioether (sulfide) groups is 1. The van der Waals surface area contributed by atoms with Crippen molar-refractivity contribution in [1.82, 2.24) is 0 Å². The van der Waals surface area contributed by atoms with Crippen molar-refractivity contribution < 1.29 is 0 Å². The zero-order valence-corrected chi connectivity index (χ0v) is 15.4. The fourth-order valence-electron chi connectivity index (χ4n) is 4.00. The molecule has 1 aliphatic carbocycles. The van der Waals surface area contributed by atoms with Gasteiger partial charge in [0.2, 0.25) is 0 Å². The maximum Gasteiger partial charge on any atom is 0.0533 e. The van der Waals surface area contributed by atoms with Crippen LogP contribution >= 0.6 is 11.8 Å². The summed E-state index contributed by atoms with van der Waals surface area (Å²) < 4.78 is 0. The number of rotatable bonds is 2. The minimum atomic E-state index is 0.358. The molecule has 0 radical (unpaired) electrons. The summed E-state index contributed by atoms with van der Waals surface area (Å²) in [5.74, 6) is 0. The zero-order chi connectivity index (χ0) is 17.3. The molecular weight excluding hydrogens is 332 g/mol. The first kappa shape index (κ1) is 15.7. The lowest BCUT2D eigenvalue weighted by molar-refractivity contribution is 0.948. The van der Waals surface area contributed by atoms with Gasteiger partial charge in [0.25, 0.3) is 0 Å². The molecule has 0 spiro atoms. The number of allylic oxidation sites excluding steroid dienone is 2. The van der Waals surface area contributed by atoms with Crippen LogP contribution in [0, 0.1) is 0 Å². The number of benzene rings is 3. The molecule has 0 saturated heterocycles. The van der Waals surface area contributed by atoms with Crippen molar-refractivity contribution in [2.24, 2.45) is 0 Å². The van der Waals surface area contributed by atoms with Gasteiger partial charge in [0.05, 0.1) is 5.25 Å². The van der Waals surface area contributed by atoms with Crippen LogP contribution in [0.1, 0.15) is 33.9 Å². The van der Waals surface area contributed by atoms with E-state index in [1.807, 2.05) is 11.8 Å². The number of hydrogen-bond acceptors (Lipinski definition) is 1. The molecule has 1 heterocycles. The van der Waals surface area contributed by atoms with Crippen molar-refractivity contribution >= 4 is 22.2 Å². The Morgan fingerprint density at radius 1 is 0.692 bits per heavy atom. The van der Waals surface area contributed by atoms with E-state index in [4.69, 9.17) is 0 Å². The SMILES string of the molecule is C1=C(c2ccccc2)C2=C(SC1c1ccccc1)c1ccccc1CC2. The molecule has 1 atom stereocenters. The van der Waals surface area contributed by atoms with Crippen molar-refractivity contribution in [2.75, 3.05) is 0 Å². The Kier molecular flexibility index (Phi) is 4.03. The average Bonchev–Trinajstić information content (AvgIpc) is 2.74. The third kappa shape index (κ3) is 2.73. The Labute approximate surface area is 159 Å². The molecule has 1 aliphatic heterocycles. The first-order chi connectivity index (χ1) is 12.9. The van der Waals surface area contributed by atoms with Gasteiger partial charge in [0.1, 0.15) is 0 Å². The summed E-state index contributed by atoms with van der Waals surface area (Å²) in [4.78, 5) is 1.47. The summed E-state index contributed by atoms with van der Waals surface area (Å²) >= 11 is 2.01. The summed E-state index contributed by atoms with van der Waals surface area (Å²) in [6, 6.07) is 30.7. The van der Waals surface area contributed by atoms with E-state index in [2.05, 4.69) is 91.0 Å². The van der Waals surface area contributed by atoms with E-state index < -0.39 is 0 Å². The van der Waals surface area contributed by atoms with Gasteiger partial charge in [-0.3, -0.25) is 0 Å². The molecule has 0 fully saturated rings. The van der Waals surface area contributed by atoms with Crippen LogP contribution in [-0.2, 0) is 6.42 Å². The molecule has 1 heteroatoms. The summed E-state index contributed by atoms with van der Waals surface area (Å²) in [7, 11) is 0. The molecule has 0 bridgehead atoms. The molecule has 0 aromatic heterocycles. The Balaban J connectivity index is 1.69. The second-order valence-corrected chi connectivity index (χ2v) is 8.01. The zero-order valence-electron chi connectivity index (χ0n) is 14.6. The molecule has 0 nitrogen and oxygen atoms in total. The number of aryl methyl sites for hydroxylation is 1. The molecular formula is C25H20S. The van der Waals surface area contributed by atoms with E-state index >= 15 is 0 Å². The Morgan fingerprint density at radius 3 is 2.19 bits per heavy atom. The molecule has 2 aliphatic rings. The van der Waals surface area contributed by atoms with Gasteiger partial charge in [-0.05, 0) is 46.2 Å². The smallest absolute Gasteiger partial charge is 0.0533 e. The number of hydrogen-bond donors (Lipinski definition) is 0. The molecule has 0 amide bonds. The quantitative estimate of drug-likeness (QED) is 0.482. The van der Waals surface area contributed by atoms with Gasteiger partial charge in [0, 0.05) is 4.91 Å². The third-order valence-electron chi connectivity index (χ3n) is 5.28. The molecule has 3 aromatic rings. The molecule has 0 N–H and O–H groups in total. The van der Waals surface area contributed by atoms with Crippen LogP contribution in [-0.4, -0.2) is 0 Å². The van der Waals surface area contributed by atoms with Crippen LogP contribution in [0.4, 0.5) is 0 Å². The fourth-order valence-corrected chi connectivity index (χ4v) is 5.43. The fraction of sp³-hybridized carbons (Fsp3) is 0.120. The molecule has 1 unspecified atom stereocenters. The van der Waals surface area contributed by atoms with Crippen LogP contribution in [0.5, 0.6) is 0 Å². The summed E-state index contributed by atoms with van der Waals surface area (Å²) in [6.45, 7) is 0. The minimum absolute atomic E-state index is 0.358. The molecule has 26 heavy (non-hydrogen) atoms. The van der Waals surface area contributed by atoms with Gasteiger partial charge >= 0.3 is 0 Å². The van der Waals surface area contributed by atoms with Crippen molar-refractivity contribution in [2.45, 2.75) is 18.1 Å². The Hall–Kier alpha value is -2.51. The van der Waals surface area contributed by atoms with Crippen LogP contribution < -0.4 is 0 Å². The highest BCUT2D eigenvalue weighted by atomic mass is 32.2. The lowest BCUT2D eigenvalue weighted by Crippen LogP contribution is -2.10. The van der Waals surface area contributed by atoms with E-state index in [9.17, 15) is 0 Å². The van der Waals surface area contributed by atoms with Gasteiger partial charge in [-0.15, -0.1) is 11.8 Å². The predicted octanol–water partition coefficient (Wildman–Crippen LogP) is 6.92. The first-order valence-corrected chi connectivity index (χ1v) is 10.1. The third-order valence-corrected chi connectivity index (χ3v) is 6.65. The van der Waals surface area contributed by atoms with E-state index in [-0.39, 0.29) is 0 Å².